The van der Waals surface area contributed by atoms with Crippen LogP contribution in [0.3, 0.4) is 0 Å². The summed E-state index contributed by atoms with van der Waals surface area (Å²) in [4.78, 5) is 11.7. The first-order valence-electron chi connectivity index (χ1n) is 7.59. The molecule has 0 aromatic heterocycles. The lowest BCUT2D eigenvalue weighted by atomic mass is 10.1. The van der Waals surface area contributed by atoms with E-state index in [1.165, 1.54) is 16.7 Å². The van der Waals surface area contributed by atoms with Gasteiger partial charge in [0.1, 0.15) is 6.61 Å². The molecular weight excluding hydrogens is 274 g/mol. The Labute approximate surface area is 132 Å². The summed E-state index contributed by atoms with van der Waals surface area (Å²) < 4.78 is 5.49. The van der Waals surface area contributed by atoms with E-state index in [2.05, 4.69) is 49.5 Å². The molecule has 0 spiro atoms. The number of rotatable bonds is 7. The molecule has 2 aromatic carbocycles. The number of aryl methyl sites for hydroxylation is 2. The monoisotopic (exact) mass is 297 g/mol. The van der Waals surface area contributed by atoms with Gasteiger partial charge in [0.05, 0.1) is 6.61 Å². The maximum Gasteiger partial charge on any atom is 0.246 e. The maximum absolute atomic E-state index is 11.7. The smallest absolute Gasteiger partial charge is 0.246 e. The molecule has 0 aliphatic carbocycles. The van der Waals surface area contributed by atoms with Crippen LogP contribution in [0.2, 0.25) is 0 Å². The van der Waals surface area contributed by atoms with Gasteiger partial charge in [0, 0.05) is 6.54 Å². The van der Waals surface area contributed by atoms with E-state index in [0.29, 0.717) is 13.2 Å². The van der Waals surface area contributed by atoms with E-state index in [1.807, 2.05) is 18.2 Å². The molecule has 0 unspecified atom stereocenters. The first kappa shape index (κ1) is 16.2. The molecule has 2 aromatic rings. The normalized spacial score (nSPS) is 10.5. The second-order valence-electron chi connectivity index (χ2n) is 5.51. The van der Waals surface area contributed by atoms with E-state index < -0.39 is 0 Å². The van der Waals surface area contributed by atoms with Gasteiger partial charge >= 0.3 is 0 Å². The number of ether oxygens (including phenoxy) is 1. The molecule has 0 bridgehead atoms. The summed E-state index contributed by atoms with van der Waals surface area (Å²) in [6.45, 7) is 5.33. The summed E-state index contributed by atoms with van der Waals surface area (Å²) in [6.07, 6.45) is 0.837. The Balaban J connectivity index is 1.65. The quantitative estimate of drug-likeness (QED) is 0.852. The lowest BCUT2D eigenvalue weighted by molar-refractivity contribution is -0.126. The summed E-state index contributed by atoms with van der Waals surface area (Å²) in [7, 11) is 0. The molecule has 0 saturated heterocycles. The van der Waals surface area contributed by atoms with Crippen LogP contribution in [0.4, 0.5) is 0 Å². The van der Waals surface area contributed by atoms with Crippen molar-refractivity contribution in [2.24, 2.45) is 0 Å². The highest BCUT2D eigenvalue weighted by atomic mass is 16.5. The van der Waals surface area contributed by atoms with Gasteiger partial charge in [-0.2, -0.15) is 0 Å². The lowest BCUT2D eigenvalue weighted by Gasteiger charge is -2.09. The summed E-state index contributed by atoms with van der Waals surface area (Å²) >= 11 is 0. The maximum atomic E-state index is 11.7. The van der Waals surface area contributed by atoms with Crippen LogP contribution in [0.5, 0.6) is 0 Å². The fourth-order valence-corrected chi connectivity index (χ4v) is 2.30. The van der Waals surface area contributed by atoms with E-state index in [-0.39, 0.29) is 12.5 Å². The SMILES string of the molecule is Cc1ccc(COCC(=O)NCCc2ccccc2)c(C)c1. The minimum Gasteiger partial charge on any atom is -0.367 e. The fourth-order valence-electron chi connectivity index (χ4n) is 2.30. The van der Waals surface area contributed by atoms with E-state index >= 15 is 0 Å². The van der Waals surface area contributed by atoms with Crippen LogP contribution in [0, 0.1) is 13.8 Å². The summed E-state index contributed by atoms with van der Waals surface area (Å²) in [5, 5.41) is 2.88. The van der Waals surface area contributed by atoms with Crippen molar-refractivity contribution in [1.82, 2.24) is 5.32 Å². The van der Waals surface area contributed by atoms with Gasteiger partial charge in [-0.1, -0.05) is 54.1 Å². The number of amides is 1. The number of hydrogen-bond donors (Lipinski definition) is 1. The highest BCUT2D eigenvalue weighted by Crippen LogP contribution is 2.11. The van der Waals surface area contributed by atoms with Crippen LogP contribution in [0.25, 0.3) is 0 Å². The van der Waals surface area contributed by atoms with E-state index in [1.54, 1.807) is 0 Å². The first-order chi connectivity index (χ1) is 10.6. The molecular formula is C19H23NO2. The zero-order valence-corrected chi connectivity index (χ0v) is 13.3. The van der Waals surface area contributed by atoms with Crippen LogP contribution < -0.4 is 5.32 Å². The van der Waals surface area contributed by atoms with Gasteiger partial charge in [-0.3, -0.25) is 4.79 Å². The molecule has 0 aliphatic heterocycles. The Hall–Kier alpha value is -2.13. The molecule has 3 heteroatoms. The van der Waals surface area contributed by atoms with Gasteiger partial charge in [-0.05, 0) is 37.0 Å². The topological polar surface area (TPSA) is 38.3 Å². The van der Waals surface area contributed by atoms with Crippen molar-refractivity contribution < 1.29 is 9.53 Å². The third-order valence-corrected chi connectivity index (χ3v) is 3.57. The van der Waals surface area contributed by atoms with Crippen molar-refractivity contribution in [1.29, 1.82) is 0 Å². The fraction of sp³-hybridized carbons (Fsp3) is 0.316. The van der Waals surface area contributed by atoms with Gasteiger partial charge in [0.2, 0.25) is 5.91 Å². The number of nitrogens with one attached hydrogen (secondary N) is 1. The molecule has 0 heterocycles. The van der Waals surface area contributed by atoms with Crippen molar-refractivity contribution in [3.05, 3.63) is 70.8 Å². The third kappa shape index (κ3) is 5.34. The summed E-state index contributed by atoms with van der Waals surface area (Å²) in [5.74, 6) is -0.0688. The van der Waals surface area contributed by atoms with E-state index in [9.17, 15) is 4.79 Å². The second kappa shape index (κ2) is 8.35. The third-order valence-electron chi connectivity index (χ3n) is 3.57. The number of benzene rings is 2. The zero-order chi connectivity index (χ0) is 15.8. The largest absolute Gasteiger partial charge is 0.367 e. The predicted octanol–water partition coefficient (Wildman–Crippen LogP) is 3.18. The average Bonchev–Trinajstić information content (AvgIpc) is 2.50. The Bertz CT molecular complexity index is 608. The van der Waals surface area contributed by atoms with Crippen LogP contribution in [-0.2, 0) is 22.6 Å². The van der Waals surface area contributed by atoms with Crippen molar-refractivity contribution in [3.8, 4) is 0 Å². The zero-order valence-electron chi connectivity index (χ0n) is 13.3. The van der Waals surface area contributed by atoms with Crippen LogP contribution in [-0.4, -0.2) is 19.1 Å². The molecule has 0 atom stereocenters. The molecule has 0 saturated carbocycles. The van der Waals surface area contributed by atoms with Crippen molar-refractivity contribution >= 4 is 5.91 Å². The second-order valence-corrected chi connectivity index (χ2v) is 5.51. The number of hydrogen-bond acceptors (Lipinski definition) is 2. The van der Waals surface area contributed by atoms with Gasteiger partial charge < -0.3 is 10.1 Å². The molecule has 3 nitrogen and oxygen atoms in total. The van der Waals surface area contributed by atoms with Crippen molar-refractivity contribution in [2.75, 3.05) is 13.2 Å². The Morgan fingerprint density at radius 1 is 1.09 bits per heavy atom. The van der Waals surface area contributed by atoms with Crippen molar-refractivity contribution in [3.63, 3.8) is 0 Å². The molecule has 0 radical (unpaired) electrons. The molecule has 0 aliphatic rings. The van der Waals surface area contributed by atoms with Crippen LogP contribution in [0.15, 0.2) is 48.5 Å². The molecule has 2 rings (SSSR count). The van der Waals surface area contributed by atoms with Crippen LogP contribution in [0.1, 0.15) is 22.3 Å². The van der Waals surface area contributed by atoms with Gasteiger partial charge in [-0.15, -0.1) is 0 Å². The molecule has 1 amide bonds. The predicted molar refractivity (Wildman–Crippen MR) is 88.7 cm³/mol. The minimum absolute atomic E-state index is 0.0688. The van der Waals surface area contributed by atoms with E-state index in [0.717, 1.165) is 12.0 Å². The Kier molecular flexibility index (Phi) is 6.16. The van der Waals surface area contributed by atoms with Gasteiger partial charge in [-0.25, -0.2) is 0 Å². The molecule has 0 fully saturated rings. The van der Waals surface area contributed by atoms with Gasteiger partial charge in [0.15, 0.2) is 0 Å². The van der Waals surface area contributed by atoms with E-state index in [4.69, 9.17) is 4.74 Å². The van der Waals surface area contributed by atoms with Crippen LogP contribution >= 0.6 is 0 Å². The average molecular weight is 297 g/mol. The standard InChI is InChI=1S/C19H23NO2/c1-15-8-9-18(16(2)12-15)13-22-14-19(21)20-11-10-17-6-4-3-5-7-17/h3-9,12H,10-11,13-14H2,1-2H3,(H,20,21). The highest BCUT2D eigenvalue weighted by molar-refractivity contribution is 5.77. The molecule has 1 N–H and O–H groups in total. The summed E-state index contributed by atoms with van der Waals surface area (Å²) in [6, 6.07) is 16.4. The van der Waals surface area contributed by atoms with Gasteiger partial charge in [0.25, 0.3) is 0 Å². The molecule has 116 valence electrons. The molecule has 22 heavy (non-hydrogen) atoms. The Morgan fingerprint density at radius 2 is 1.86 bits per heavy atom. The van der Waals surface area contributed by atoms with Crippen molar-refractivity contribution in [2.45, 2.75) is 26.9 Å². The number of carbonyl (C=O) groups excluding carboxylic acids is 1. The lowest BCUT2D eigenvalue weighted by Crippen LogP contribution is -2.29. The Morgan fingerprint density at radius 3 is 2.59 bits per heavy atom. The minimum atomic E-state index is -0.0688. The highest BCUT2D eigenvalue weighted by Gasteiger charge is 2.03. The first-order valence-corrected chi connectivity index (χ1v) is 7.59. The summed E-state index contributed by atoms with van der Waals surface area (Å²) in [5.41, 5.74) is 4.78. The number of carbonyl (C=O) groups is 1.